The highest BCUT2D eigenvalue weighted by Crippen LogP contribution is 2.24. The number of nitrogens with one attached hydrogen (secondary N) is 1. The number of amides is 3. The lowest BCUT2D eigenvalue weighted by molar-refractivity contribution is -0.139. The minimum atomic E-state index is -0.358. The van der Waals surface area contributed by atoms with E-state index in [1.165, 1.54) is 0 Å². The van der Waals surface area contributed by atoms with Crippen LogP contribution in [-0.2, 0) is 19.2 Å². The largest absolute Gasteiger partial charge is 0.396 e. The van der Waals surface area contributed by atoms with Crippen LogP contribution in [0.1, 0.15) is 88.0 Å². The van der Waals surface area contributed by atoms with E-state index in [0.29, 0.717) is 37.6 Å². The molecule has 0 aliphatic heterocycles. The first kappa shape index (κ1) is 32.4. The topological polar surface area (TPSA) is 104 Å². The summed E-state index contributed by atoms with van der Waals surface area (Å²) in [6.45, 7) is 18.7. The number of rotatable bonds is 14. The minimum absolute atomic E-state index is 0.0662. The zero-order valence-electron chi connectivity index (χ0n) is 21.9. The number of carbonyl (C=O) groups excluding carboxylic acids is 4. The number of hydrogen-bond donors (Lipinski definition) is 2. The van der Waals surface area contributed by atoms with Crippen molar-refractivity contribution in [3.05, 3.63) is 0 Å². The number of carbonyl (C=O) groups is 4. The van der Waals surface area contributed by atoms with Gasteiger partial charge in [0.1, 0.15) is 5.78 Å². The molecule has 188 valence electrons. The van der Waals surface area contributed by atoms with Crippen molar-refractivity contribution >= 4 is 24.0 Å². The predicted molar refractivity (Wildman–Crippen MR) is 129 cm³/mol. The fraction of sp³-hybridized carbons (Fsp3) is 0.840. The Morgan fingerprint density at radius 2 is 1.59 bits per heavy atom. The van der Waals surface area contributed by atoms with Gasteiger partial charge in [-0.2, -0.15) is 0 Å². The van der Waals surface area contributed by atoms with Crippen LogP contribution in [0.5, 0.6) is 0 Å². The van der Waals surface area contributed by atoms with E-state index in [4.69, 9.17) is 5.11 Å². The van der Waals surface area contributed by atoms with Gasteiger partial charge in [-0.15, -0.1) is 0 Å². The van der Waals surface area contributed by atoms with Crippen LogP contribution in [0.25, 0.3) is 0 Å². The Balaban J connectivity index is 0. The van der Waals surface area contributed by atoms with Crippen LogP contribution in [0.3, 0.4) is 0 Å². The van der Waals surface area contributed by atoms with E-state index >= 15 is 0 Å². The van der Waals surface area contributed by atoms with Crippen molar-refractivity contribution in [1.29, 1.82) is 0 Å². The van der Waals surface area contributed by atoms with Crippen LogP contribution in [0.2, 0.25) is 0 Å². The highest BCUT2D eigenvalue weighted by molar-refractivity contribution is 5.87. The summed E-state index contributed by atoms with van der Waals surface area (Å²) in [5.41, 5.74) is -0.358. The predicted octanol–water partition coefficient (Wildman–Crippen LogP) is 3.83. The van der Waals surface area contributed by atoms with Gasteiger partial charge in [0.15, 0.2) is 0 Å². The lowest BCUT2D eigenvalue weighted by Crippen LogP contribution is -2.35. The average Bonchev–Trinajstić information content (AvgIpc) is 2.67. The van der Waals surface area contributed by atoms with Gasteiger partial charge < -0.3 is 10.4 Å². The molecule has 0 heterocycles. The molecule has 0 spiro atoms. The Morgan fingerprint density at radius 1 is 1.03 bits per heavy atom. The molecular formula is C25H48N2O5. The molecule has 1 atom stereocenters. The van der Waals surface area contributed by atoms with Gasteiger partial charge in [0.25, 0.3) is 0 Å². The summed E-state index contributed by atoms with van der Waals surface area (Å²) >= 11 is 0. The number of imide groups is 1. The van der Waals surface area contributed by atoms with Crippen LogP contribution >= 0.6 is 0 Å². The van der Waals surface area contributed by atoms with Crippen molar-refractivity contribution in [2.75, 3.05) is 19.7 Å². The molecule has 0 aromatic heterocycles. The number of nitrogens with zero attached hydrogens (tertiary/aromatic N) is 1. The van der Waals surface area contributed by atoms with Crippen LogP contribution in [0, 0.1) is 29.1 Å². The molecule has 1 unspecified atom stereocenters. The molecule has 3 amide bonds. The van der Waals surface area contributed by atoms with Gasteiger partial charge >= 0.3 is 0 Å². The van der Waals surface area contributed by atoms with Gasteiger partial charge in [0.2, 0.25) is 18.2 Å². The summed E-state index contributed by atoms with van der Waals surface area (Å²) in [6, 6.07) is 0. The number of ketones is 1. The number of aliphatic hydroxyl groups is 1. The first-order valence-corrected chi connectivity index (χ1v) is 11.9. The monoisotopic (exact) mass is 456 g/mol. The first-order valence-electron chi connectivity index (χ1n) is 11.9. The van der Waals surface area contributed by atoms with Crippen molar-refractivity contribution in [1.82, 2.24) is 10.2 Å². The lowest BCUT2D eigenvalue weighted by atomic mass is 9.80. The molecule has 0 aliphatic carbocycles. The summed E-state index contributed by atoms with van der Waals surface area (Å²) in [7, 11) is 0. The van der Waals surface area contributed by atoms with E-state index in [0.717, 1.165) is 11.3 Å². The normalized spacial score (nSPS) is 12.3. The van der Waals surface area contributed by atoms with Crippen molar-refractivity contribution in [2.45, 2.75) is 88.0 Å². The van der Waals surface area contributed by atoms with Crippen molar-refractivity contribution in [2.24, 2.45) is 29.1 Å². The fourth-order valence-corrected chi connectivity index (χ4v) is 2.86. The molecule has 0 aliphatic rings. The van der Waals surface area contributed by atoms with E-state index in [1.54, 1.807) is 0 Å². The smallest absolute Gasteiger partial charge is 0.229 e. The first-order chi connectivity index (χ1) is 14.7. The van der Waals surface area contributed by atoms with Gasteiger partial charge in [-0.25, -0.2) is 0 Å². The van der Waals surface area contributed by atoms with E-state index < -0.39 is 0 Å². The van der Waals surface area contributed by atoms with Crippen LogP contribution in [-0.4, -0.2) is 53.7 Å². The summed E-state index contributed by atoms with van der Waals surface area (Å²) in [5.74, 6) is 1.12. The van der Waals surface area contributed by atoms with Gasteiger partial charge in [0, 0.05) is 43.9 Å². The number of Topliss-reactive ketones (excluding diaryl/α,β-unsaturated/α-hetero) is 1. The zero-order chi connectivity index (χ0) is 25.5. The third kappa shape index (κ3) is 15.1. The molecule has 0 aromatic rings. The van der Waals surface area contributed by atoms with Gasteiger partial charge in [0.05, 0.1) is 0 Å². The molecule has 0 bridgehead atoms. The molecule has 32 heavy (non-hydrogen) atoms. The molecule has 0 aromatic carbocycles. The zero-order valence-corrected chi connectivity index (χ0v) is 21.9. The Morgan fingerprint density at radius 3 is 2.00 bits per heavy atom. The van der Waals surface area contributed by atoms with Crippen molar-refractivity contribution < 1.29 is 24.3 Å². The Hall–Kier alpha value is -1.76. The molecular weight excluding hydrogens is 408 g/mol. The van der Waals surface area contributed by atoms with Gasteiger partial charge in [-0.3, -0.25) is 24.1 Å². The lowest BCUT2D eigenvalue weighted by Gasteiger charge is -2.23. The standard InChI is InChI=1S/C16H30N2O3.C9H18O2/c1-12(2)6-8-17-15(20)7-9-18(11-19)16(21)10-14(5)13(3)4;1-7(2)8(11)9(3,4)5-6-10/h11-14H,6-10H2,1-5H3,(H,17,20);7,10H,5-6H2,1-4H3. The summed E-state index contributed by atoms with van der Waals surface area (Å²) in [5, 5.41) is 11.5. The van der Waals surface area contributed by atoms with Crippen LogP contribution < -0.4 is 5.32 Å². The summed E-state index contributed by atoms with van der Waals surface area (Å²) < 4.78 is 0. The Bertz CT molecular complexity index is 571. The second kappa shape index (κ2) is 16.8. The van der Waals surface area contributed by atoms with E-state index in [2.05, 4.69) is 19.2 Å². The number of hydrogen-bond acceptors (Lipinski definition) is 5. The maximum atomic E-state index is 12.0. The Labute approximate surface area is 195 Å². The molecule has 7 nitrogen and oxygen atoms in total. The minimum Gasteiger partial charge on any atom is -0.396 e. The van der Waals surface area contributed by atoms with Gasteiger partial charge in [-0.05, 0) is 30.6 Å². The third-order valence-electron chi connectivity index (χ3n) is 5.63. The number of aliphatic hydroxyl groups excluding tert-OH is 1. The molecule has 2 N–H and O–H groups in total. The molecule has 0 radical (unpaired) electrons. The van der Waals surface area contributed by atoms with Gasteiger partial charge in [-0.1, -0.05) is 62.3 Å². The van der Waals surface area contributed by atoms with Crippen molar-refractivity contribution in [3.63, 3.8) is 0 Å². The fourth-order valence-electron chi connectivity index (χ4n) is 2.86. The molecule has 0 saturated heterocycles. The second-order valence-corrected chi connectivity index (χ2v) is 10.3. The second-order valence-electron chi connectivity index (χ2n) is 10.3. The highest BCUT2D eigenvalue weighted by atomic mass is 16.3. The maximum Gasteiger partial charge on any atom is 0.229 e. The van der Waals surface area contributed by atoms with E-state index in [9.17, 15) is 19.2 Å². The average molecular weight is 457 g/mol. The molecule has 7 heteroatoms. The van der Waals surface area contributed by atoms with Crippen LogP contribution in [0.4, 0.5) is 0 Å². The molecule has 0 saturated carbocycles. The Kier molecular flexibility index (Phi) is 17.0. The quantitative estimate of drug-likeness (QED) is 0.387. The van der Waals surface area contributed by atoms with E-state index in [1.807, 2.05) is 48.5 Å². The SMILES string of the molecule is CC(C)C(=O)C(C)(C)CCO.CC(C)CCNC(=O)CCN(C=O)C(=O)CC(C)C(C)C. The maximum absolute atomic E-state index is 12.0. The molecule has 0 fully saturated rings. The molecule has 0 rings (SSSR count). The summed E-state index contributed by atoms with van der Waals surface area (Å²) in [6.07, 6.45) is 2.51. The van der Waals surface area contributed by atoms with Crippen molar-refractivity contribution in [3.8, 4) is 0 Å². The van der Waals surface area contributed by atoms with E-state index in [-0.39, 0.29) is 54.4 Å². The highest BCUT2D eigenvalue weighted by Gasteiger charge is 2.28. The summed E-state index contributed by atoms with van der Waals surface area (Å²) in [4.78, 5) is 47.1. The third-order valence-corrected chi connectivity index (χ3v) is 5.63. The van der Waals surface area contributed by atoms with Crippen LogP contribution in [0.15, 0.2) is 0 Å².